The normalized spacial score (nSPS) is 20.6. The molecule has 0 unspecified atom stereocenters. The molecule has 104 valence electrons. The molecule has 1 atom stereocenters. The summed E-state index contributed by atoms with van der Waals surface area (Å²) in [6.45, 7) is 0.0338. The molecule has 1 fully saturated rings. The van der Waals surface area contributed by atoms with Gasteiger partial charge in [0.05, 0.1) is 11.7 Å². The van der Waals surface area contributed by atoms with E-state index in [9.17, 15) is 22.7 Å². The smallest absolute Gasteiger partial charge is 0.335 e. The molecule has 0 bridgehead atoms. The lowest BCUT2D eigenvalue weighted by molar-refractivity contribution is 0.0696. The maximum Gasteiger partial charge on any atom is 0.335 e. The van der Waals surface area contributed by atoms with Crippen LogP contribution in [0.4, 0.5) is 4.39 Å². The molecule has 1 aliphatic heterocycles. The number of nitrogens with zero attached hydrogens (tertiary/aromatic N) is 1. The molecular formula is C11H12FNO5S. The fourth-order valence-corrected chi connectivity index (χ4v) is 3.45. The molecule has 0 aromatic heterocycles. The molecule has 8 heteroatoms. The molecule has 19 heavy (non-hydrogen) atoms. The molecule has 0 spiro atoms. The number of carbonyl (C=O) groups is 1. The average molecular weight is 289 g/mol. The van der Waals surface area contributed by atoms with Crippen LogP contribution in [0.2, 0.25) is 0 Å². The fraction of sp³-hybridized carbons (Fsp3) is 0.364. The van der Waals surface area contributed by atoms with E-state index >= 15 is 0 Å². The Kier molecular flexibility index (Phi) is 3.57. The minimum absolute atomic E-state index is 0.0809. The van der Waals surface area contributed by atoms with Gasteiger partial charge in [-0.1, -0.05) is 0 Å². The van der Waals surface area contributed by atoms with Crippen LogP contribution in [-0.2, 0) is 10.0 Å². The Morgan fingerprint density at radius 1 is 1.42 bits per heavy atom. The molecule has 0 radical (unpaired) electrons. The maximum atomic E-state index is 13.7. The molecule has 0 aliphatic carbocycles. The number of benzene rings is 1. The van der Waals surface area contributed by atoms with Gasteiger partial charge in [-0.25, -0.2) is 17.6 Å². The van der Waals surface area contributed by atoms with E-state index in [2.05, 4.69) is 0 Å². The van der Waals surface area contributed by atoms with Gasteiger partial charge in [0.1, 0.15) is 10.7 Å². The number of β-amino-alcohol motifs (C(OH)–C–C–N with tert-alkyl or cyclic N) is 1. The minimum Gasteiger partial charge on any atom is -0.478 e. The Balaban J connectivity index is 2.38. The molecule has 0 amide bonds. The van der Waals surface area contributed by atoms with Crippen LogP contribution in [0.15, 0.2) is 23.1 Å². The molecular weight excluding hydrogens is 277 g/mol. The van der Waals surface area contributed by atoms with Crippen LogP contribution in [0, 0.1) is 5.82 Å². The number of carboxylic acid groups (broad SMARTS) is 1. The maximum absolute atomic E-state index is 13.7. The van der Waals surface area contributed by atoms with Crippen molar-refractivity contribution in [2.24, 2.45) is 0 Å². The lowest BCUT2D eigenvalue weighted by atomic mass is 10.2. The predicted octanol–water partition coefficient (Wildman–Crippen LogP) is 0.279. The third-order valence-corrected chi connectivity index (χ3v) is 4.82. The van der Waals surface area contributed by atoms with Gasteiger partial charge in [0.15, 0.2) is 0 Å². The number of hydrogen-bond donors (Lipinski definition) is 2. The number of halogens is 1. The second-order valence-corrected chi connectivity index (χ2v) is 6.16. The van der Waals surface area contributed by atoms with Gasteiger partial charge in [0, 0.05) is 13.1 Å². The van der Waals surface area contributed by atoms with E-state index in [1.807, 2.05) is 0 Å². The number of aromatic carboxylic acids is 1. The van der Waals surface area contributed by atoms with Gasteiger partial charge in [-0.3, -0.25) is 0 Å². The summed E-state index contributed by atoms with van der Waals surface area (Å²) < 4.78 is 38.9. The fourth-order valence-electron chi connectivity index (χ4n) is 1.91. The first-order chi connectivity index (χ1) is 8.82. The van der Waals surface area contributed by atoms with Crippen molar-refractivity contribution in [3.8, 4) is 0 Å². The van der Waals surface area contributed by atoms with E-state index in [0.717, 1.165) is 16.4 Å². The Morgan fingerprint density at radius 2 is 2.11 bits per heavy atom. The standard InChI is InChI=1S/C11H12FNO5S/c12-9-5-7(11(15)16)1-2-10(9)19(17,18)13-4-3-8(14)6-13/h1-2,5,8,14H,3-4,6H2,(H,15,16)/t8-/m0/s1. The molecule has 2 N–H and O–H groups in total. The van der Waals surface area contributed by atoms with E-state index in [1.54, 1.807) is 0 Å². The average Bonchev–Trinajstić information content (AvgIpc) is 2.76. The number of rotatable bonds is 3. The Bertz CT molecular complexity index is 616. The summed E-state index contributed by atoms with van der Waals surface area (Å²) in [6.07, 6.45) is -0.454. The predicted molar refractivity (Wildman–Crippen MR) is 62.7 cm³/mol. The van der Waals surface area contributed by atoms with Crippen LogP contribution in [0.1, 0.15) is 16.8 Å². The van der Waals surface area contributed by atoms with Crippen LogP contribution < -0.4 is 0 Å². The largest absolute Gasteiger partial charge is 0.478 e. The third-order valence-electron chi connectivity index (χ3n) is 2.92. The Labute approximate surface area is 109 Å². The molecule has 1 saturated heterocycles. The van der Waals surface area contributed by atoms with Gasteiger partial charge in [-0.05, 0) is 24.6 Å². The van der Waals surface area contributed by atoms with E-state index in [0.29, 0.717) is 12.5 Å². The van der Waals surface area contributed by atoms with Crippen molar-refractivity contribution in [3.63, 3.8) is 0 Å². The van der Waals surface area contributed by atoms with Crippen molar-refractivity contribution in [2.45, 2.75) is 17.4 Å². The molecule has 2 rings (SSSR count). The minimum atomic E-state index is -4.04. The van der Waals surface area contributed by atoms with Gasteiger partial charge in [0.25, 0.3) is 0 Å². The lowest BCUT2D eigenvalue weighted by Gasteiger charge is -2.16. The van der Waals surface area contributed by atoms with Gasteiger partial charge < -0.3 is 10.2 Å². The molecule has 1 heterocycles. The zero-order valence-electron chi connectivity index (χ0n) is 9.78. The molecule has 1 aliphatic rings. The van der Waals surface area contributed by atoms with Crippen molar-refractivity contribution in [2.75, 3.05) is 13.1 Å². The van der Waals surface area contributed by atoms with Crippen molar-refractivity contribution >= 4 is 16.0 Å². The summed E-state index contributed by atoms with van der Waals surface area (Å²) in [5.74, 6) is -2.44. The quantitative estimate of drug-likeness (QED) is 0.833. The zero-order valence-corrected chi connectivity index (χ0v) is 10.6. The summed E-state index contributed by atoms with van der Waals surface area (Å²) in [5.41, 5.74) is -0.321. The van der Waals surface area contributed by atoms with Crippen LogP contribution in [0.5, 0.6) is 0 Å². The van der Waals surface area contributed by atoms with Gasteiger partial charge >= 0.3 is 5.97 Å². The van der Waals surface area contributed by atoms with E-state index in [-0.39, 0.29) is 18.7 Å². The highest BCUT2D eigenvalue weighted by Gasteiger charge is 2.33. The highest BCUT2D eigenvalue weighted by Crippen LogP contribution is 2.24. The number of carboxylic acids is 1. The second kappa shape index (κ2) is 4.87. The van der Waals surface area contributed by atoms with Crippen molar-refractivity contribution in [1.29, 1.82) is 0 Å². The summed E-state index contributed by atoms with van der Waals surface area (Å²) in [7, 11) is -4.04. The molecule has 1 aromatic rings. The Hall–Kier alpha value is -1.51. The van der Waals surface area contributed by atoms with E-state index in [4.69, 9.17) is 5.11 Å². The summed E-state index contributed by atoms with van der Waals surface area (Å²) in [4.78, 5) is 10.1. The Morgan fingerprint density at radius 3 is 2.58 bits per heavy atom. The van der Waals surface area contributed by atoms with Crippen LogP contribution >= 0.6 is 0 Å². The van der Waals surface area contributed by atoms with E-state index < -0.39 is 32.8 Å². The number of sulfonamides is 1. The number of aliphatic hydroxyl groups excluding tert-OH is 1. The summed E-state index contributed by atoms with van der Waals surface area (Å²) >= 11 is 0. The summed E-state index contributed by atoms with van der Waals surface area (Å²) in [6, 6.07) is 2.63. The van der Waals surface area contributed by atoms with Crippen molar-refractivity contribution in [3.05, 3.63) is 29.6 Å². The monoisotopic (exact) mass is 289 g/mol. The summed E-state index contributed by atoms with van der Waals surface area (Å²) in [5, 5.41) is 18.0. The SMILES string of the molecule is O=C(O)c1ccc(S(=O)(=O)N2CC[C@H](O)C2)c(F)c1. The van der Waals surface area contributed by atoms with Crippen molar-refractivity contribution in [1.82, 2.24) is 4.31 Å². The second-order valence-electron chi connectivity index (χ2n) is 4.26. The first-order valence-electron chi connectivity index (χ1n) is 5.53. The van der Waals surface area contributed by atoms with E-state index in [1.165, 1.54) is 0 Å². The molecule has 1 aromatic carbocycles. The van der Waals surface area contributed by atoms with Crippen LogP contribution in [0.3, 0.4) is 0 Å². The third kappa shape index (κ3) is 2.60. The van der Waals surface area contributed by atoms with Gasteiger partial charge in [0.2, 0.25) is 10.0 Å². The molecule has 0 saturated carbocycles. The lowest BCUT2D eigenvalue weighted by Crippen LogP contribution is -2.30. The first kappa shape index (κ1) is 13.9. The number of hydrogen-bond acceptors (Lipinski definition) is 4. The highest BCUT2D eigenvalue weighted by molar-refractivity contribution is 7.89. The van der Waals surface area contributed by atoms with Gasteiger partial charge in [-0.2, -0.15) is 4.31 Å². The zero-order chi connectivity index (χ0) is 14.2. The van der Waals surface area contributed by atoms with Crippen LogP contribution in [-0.4, -0.2) is 48.1 Å². The highest BCUT2D eigenvalue weighted by atomic mass is 32.2. The molecule has 6 nitrogen and oxygen atoms in total. The van der Waals surface area contributed by atoms with Crippen molar-refractivity contribution < 1.29 is 27.8 Å². The van der Waals surface area contributed by atoms with Crippen LogP contribution in [0.25, 0.3) is 0 Å². The van der Waals surface area contributed by atoms with Gasteiger partial charge in [-0.15, -0.1) is 0 Å². The topological polar surface area (TPSA) is 94.9 Å². The first-order valence-corrected chi connectivity index (χ1v) is 6.97. The number of aliphatic hydroxyl groups is 1.